The van der Waals surface area contributed by atoms with Crippen LogP contribution in [0.25, 0.3) is 22.6 Å². The number of hydrazone groups is 1. The summed E-state index contributed by atoms with van der Waals surface area (Å²) in [5.74, 6) is -0.893. The fourth-order valence-electron chi connectivity index (χ4n) is 3.54. The van der Waals surface area contributed by atoms with Gasteiger partial charge in [-0.25, -0.2) is 13.8 Å². The fourth-order valence-corrected chi connectivity index (χ4v) is 3.54. The maximum absolute atomic E-state index is 14.1. The minimum absolute atomic E-state index is 0.0864. The molecule has 2 aromatic heterocycles. The number of aryl methyl sites for hydroxylation is 1. The topological polar surface area (TPSA) is 70.3 Å². The van der Waals surface area contributed by atoms with Gasteiger partial charge >= 0.3 is 0 Å². The zero-order chi connectivity index (χ0) is 21.4. The molecule has 0 amide bonds. The molecule has 5 rings (SSSR count). The van der Waals surface area contributed by atoms with Crippen LogP contribution in [-0.4, -0.2) is 26.3 Å². The van der Waals surface area contributed by atoms with Crippen molar-refractivity contribution in [1.29, 1.82) is 0 Å². The van der Waals surface area contributed by atoms with Crippen LogP contribution in [0.15, 0.2) is 58.2 Å². The summed E-state index contributed by atoms with van der Waals surface area (Å²) in [6, 6.07) is 14.1. The number of nitrogens with zero attached hydrogens (tertiary/aromatic N) is 4. The number of benzene rings is 2. The lowest BCUT2D eigenvalue weighted by Crippen LogP contribution is -2.21. The van der Waals surface area contributed by atoms with E-state index in [2.05, 4.69) is 39.3 Å². The number of H-pyrrole nitrogens is 1. The molecule has 4 aromatic rings. The normalized spacial score (nSPS) is 12.9. The quantitative estimate of drug-likeness (QED) is 0.498. The molecule has 2 aromatic carbocycles. The molecule has 3 heterocycles. The van der Waals surface area contributed by atoms with E-state index in [9.17, 15) is 8.78 Å². The number of fused-ring (bicyclic) bond motifs is 1. The van der Waals surface area contributed by atoms with E-state index in [0.717, 1.165) is 29.4 Å². The van der Waals surface area contributed by atoms with Gasteiger partial charge in [-0.15, -0.1) is 0 Å². The van der Waals surface area contributed by atoms with Crippen molar-refractivity contribution >= 4 is 6.21 Å². The molecule has 1 N–H and O–H groups in total. The average molecular weight is 419 g/mol. The summed E-state index contributed by atoms with van der Waals surface area (Å²) in [5, 5.41) is 10.3. The highest BCUT2D eigenvalue weighted by Gasteiger charge is 2.21. The van der Waals surface area contributed by atoms with Crippen LogP contribution in [0.1, 0.15) is 29.6 Å². The van der Waals surface area contributed by atoms with Gasteiger partial charge in [0.15, 0.2) is 17.4 Å². The van der Waals surface area contributed by atoms with Crippen molar-refractivity contribution in [3.8, 4) is 22.6 Å². The number of rotatable bonds is 5. The summed E-state index contributed by atoms with van der Waals surface area (Å²) in [4.78, 5) is 7.43. The second kappa shape index (κ2) is 7.79. The highest BCUT2D eigenvalue weighted by Crippen LogP contribution is 2.26. The molecule has 0 aliphatic carbocycles. The molecule has 1 aliphatic heterocycles. The van der Waals surface area contributed by atoms with Gasteiger partial charge in [0.1, 0.15) is 17.2 Å². The van der Waals surface area contributed by atoms with Gasteiger partial charge in [0, 0.05) is 11.6 Å². The molecule has 156 valence electrons. The second-order valence-corrected chi connectivity index (χ2v) is 7.35. The molecule has 0 atom stereocenters. The molecular formula is C23H19F2N5O. The van der Waals surface area contributed by atoms with Gasteiger partial charge in [0.25, 0.3) is 0 Å². The Kier molecular flexibility index (Phi) is 4.82. The number of imidazole rings is 1. The first-order valence-electron chi connectivity index (χ1n) is 9.98. The third-order valence-electron chi connectivity index (χ3n) is 5.26. The maximum atomic E-state index is 14.1. The molecule has 0 spiro atoms. The van der Waals surface area contributed by atoms with Crippen LogP contribution in [0.2, 0.25) is 0 Å². The lowest BCUT2D eigenvalue weighted by atomic mass is 10.1. The zero-order valence-electron chi connectivity index (χ0n) is 16.8. The smallest absolute Gasteiger partial charge is 0.169 e. The molecule has 1 aliphatic rings. The van der Waals surface area contributed by atoms with Crippen LogP contribution in [0.4, 0.5) is 8.78 Å². The number of hydrogen-bond donors (Lipinski definition) is 1. The number of hydrogen-bond acceptors (Lipinski definition) is 5. The first-order chi connectivity index (χ1) is 15.1. The second-order valence-electron chi connectivity index (χ2n) is 7.35. The SMILES string of the molecule is CCc1ccc(-c2cc(CN3Cc4[nH]c(-c5cccc(F)c5F)nc4C=N3)on2)cc1. The molecule has 6 nitrogen and oxygen atoms in total. The van der Waals surface area contributed by atoms with Gasteiger partial charge in [0.05, 0.1) is 30.6 Å². The number of aromatic nitrogens is 3. The monoisotopic (exact) mass is 419 g/mol. The first kappa shape index (κ1) is 19.2. The van der Waals surface area contributed by atoms with E-state index in [4.69, 9.17) is 4.52 Å². The molecule has 0 radical (unpaired) electrons. The van der Waals surface area contributed by atoms with E-state index in [1.807, 2.05) is 18.2 Å². The van der Waals surface area contributed by atoms with Gasteiger partial charge in [-0.2, -0.15) is 5.10 Å². The highest BCUT2D eigenvalue weighted by molar-refractivity contribution is 5.80. The summed E-state index contributed by atoms with van der Waals surface area (Å²) >= 11 is 0. The van der Waals surface area contributed by atoms with E-state index in [-0.39, 0.29) is 11.4 Å². The van der Waals surface area contributed by atoms with Gasteiger partial charge in [-0.3, -0.25) is 5.01 Å². The van der Waals surface area contributed by atoms with Crippen molar-refractivity contribution in [2.24, 2.45) is 5.10 Å². The largest absolute Gasteiger partial charge is 0.359 e. The van der Waals surface area contributed by atoms with Crippen LogP contribution < -0.4 is 0 Å². The van der Waals surface area contributed by atoms with E-state index in [1.54, 1.807) is 11.2 Å². The van der Waals surface area contributed by atoms with E-state index in [0.29, 0.717) is 24.5 Å². The van der Waals surface area contributed by atoms with Gasteiger partial charge in [0.2, 0.25) is 0 Å². The Morgan fingerprint density at radius 1 is 1.13 bits per heavy atom. The molecular weight excluding hydrogens is 400 g/mol. The number of aromatic amines is 1. The van der Waals surface area contributed by atoms with Gasteiger partial charge in [-0.05, 0) is 24.1 Å². The van der Waals surface area contributed by atoms with Crippen LogP contribution in [0.5, 0.6) is 0 Å². The van der Waals surface area contributed by atoms with Crippen LogP contribution in [-0.2, 0) is 19.5 Å². The Morgan fingerprint density at radius 2 is 1.97 bits per heavy atom. The van der Waals surface area contributed by atoms with E-state index < -0.39 is 11.6 Å². The molecule has 0 fully saturated rings. The summed E-state index contributed by atoms with van der Waals surface area (Å²) in [5.41, 5.74) is 4.48. The predicted octanol–water partition coefficient (Wildman–Crippen LogP) is 4.92. The third-order valence-corrected chi connectivity index (χ3v) is 5.26. The van der Waals surface area contributed by atoms with Crippen molar-refractivity contribution in [1.82, 2.24) is 20.1 Å². The lowest BCUT2D eigenvalue weighted by molar-refractivity contribution is 0.229. The summed E-state index contributed by atoms with van der Waals surface area (Å²) in [6.45, 7) is 2.96. The summed E-state index contributed by atoms with van der Waals surface area (Å²) < 4.78 is 33.1. The number of nitrogens with one attached hydrogen (secondary N) is 1. The van der Waals surface area contributed by atoms with Crippen molar-refractivity contribution in [2.75, 3.05) is 0 Å². The maximum Gasteiger partial charge on any atom is 0.169 e. The Morgan fingerprint density at radius 3 is 2.77 bits per heavy atom. The summed E-state index contributed by atoms with van der Waals surface area (Å²) in [6.07, 6.45) is 2.58. The minimum Gasteiger partial charge on any atom is -0.359 e. The summed E-state index contributed by atoms with van der Waals surface area (Å²) in [7, 11) is 0. The minimum atomic E-state index is -0.927. The van der Waals surface area contributed by atoms with Crippen molar-refractivity contribution in [3.05, 3.63) is 82.9 Å². The van der Waals surface area contributed by atoms with Crippen LogP contribution >= 0.6 is 0 Å². The third kappa shape index (κ3) is 3.72. The van der Waals surface area contributed by atoms with E-state index in [1.165, 1.54) is 17.7 Å². The molecule has 0 saturated carbocycles. The standard InChI is InChI=1S/C23H19F2N5O/c1-2-14-6-8-15(9-7-14)19-10-16(31-29-19)12-30-13-21-20(11-26-30)27-23(28-21)17-4-3-5-18(24)22(17)25/h3-11H,2,12-13H2,1H3,(H,27,28). The molecule has 0 bridgehead atoms. The Balaban J connectivity index is 1.31. The average Bonchev–Trinajstić information content (AvgIpc) is 3.42. The van der Waals surface area contributed by atoms with Crippen molar-refractivity contribution in [2.45, 2.75) is 26.4 Å². The lowest BCUT2D eigenvalue weighted by Gasteiger charge is -2.19. The van der Waals surface area contributed by atoms with Crippen LogP contribution in [0.3, 0.4) is 0 Å². The van der Waals surface area contributed by atoms with Gasteiger partial charge < -0.3 is 9.51 Å². The molecule has 0 saturated heterocycles. The Bertz CT molecular complexity index is 1260. The molecule has 8 heteroatoms. The molecule has 0 unspecified atom stereocenters. The fraction of sp³-hybridized carbons (Fsp3) is 0.174. The van der Waals surface area contributed by atoms with Crippen molar-refractivity contribution < 1.29 is 13.3 Å². The van der Waals surface area contributed by atoms with E-state index >= 15 is 0 Å². The Hall–Kier alpha value is -3.81. The van der Waals surface area contributed by atoms with Crippen molar-refractivity contribution in [3.63, 3.8) is 0 Å². The van der Waals surface area contributed by atoms with Gasteiger partial charge in [-0.1, -0.05) is 42.4 Å². The first-order valence-corrected chi connectivity index (χ1v) is 9.98. The highest BCUT2D eigenvalue weighted by atomic mass is 19.2. The zero-order valence-corrected chi connectivity index (χ0v) is 16.8. The predicted molar refractivity (Wildman–Crippen MR) is 112 cm³/mol. The Labute approximate surface area is 177 Å². The molecule has 31 heavy (non-hydrogen) atoms. The number of halogens is 2. The van der Waals surface area contributed by atoms with Crippen LogP contribution in [0, 0.1) is 11.6 Å².